The summed E-state index contributed by atoms with van der Waals surface area (Å²) in [7, 11) is 0. The topological polar surface area (TPSA) is 47.3 Å². The van der Waals surface area contributed by atoms with Gasteiger partial charge in [0.2, 0.25) is 0 Å². The van der Waals surface area contributed by atoms with Crippen molar-refractivity contribution in [3.05, 3.63) is 21.9 Å². The van der Waals surface area contributed by atoms with Crippen LogP contribution in [0, 0.1) is 12.8 Å². The van der Waals surface area contributed by atoms with Crippen LogP contribution in [-0.4, -0.2) is 12.2 Å². The number of nitrogens with two attached hydrogens (primary N) is 1. The van der Waals surface area contributed by atoms with Gasteiger partial charge in [-0.25, -0.2) is 0 Å². The quantitative estimate of drug-likeness (QED) is 0.626. The highest BCUT2D eigenvalue weighted by atomic mass is 32.1. The first-order chi connectivity index (χ1) is 7.78. The number of nitrogens with one attached hydrogen (secondary N) is 1. The second-order valence-corrected chi connectivity index (χ2v) is 6.19. The fourth-order valence-electron chi connectivity index (χ4n) is 3.07. The molecule has 16 heavy (non-hydrogen) atoms. The SMILES string of the molecule is Cc1ccc(C(NN)C2CC3CCC2O3)s1. The van der Waals surface area contributed by atoms with Gasteiger partial charge in [-0.15, -0.1) is 11.3 Å². The largest absolute Gasteiger partial charge is 0.375 e. The molecule has 4 heteroatoms. The predicted octanol–water partition coefficient (Wildman–Crippen LogP) is 2.13. The number of hydrogen-bond donors (Lipinski definition) is 2. The molecule has 1 aromatic rings. The van der Waals surface area contributed by atoms with Gasteiger partial charge in [-0.3, -0.25) is 11.3 Å². The Kier molecular flexibility index (Phi) is 2.75. The molecule has 2 saturated heterocycles. The van der Waals surface area contributed by atoms with E-state index in [0.29, 0.717) is 18.1 Å². The first-order valence-corrected chi connectivity index (χ1v) is 6.77. The minimum atomic E-state index is 0.272. The summed E-state index contributed by atoms with van der Waals surface area (Å²) in [5.41, 5.74) is 2.99. The lowest BCUT2D eigenvalue weighted by atomic mass is 9.83. The van der Waals surface area contributed by atoms with Crippen molar-refractivity contribution < 1.29 is 4.74 Å². The van der Waals surface area contributed by atoms with Crippen LogP contribution in [0.2, 0.25) is 0 Å². The molecule has 0 spiro atoms. The zero-order valence-electron chi connectivity index (χ0n) is 9.48. The second kappa shape index (κ2) is 4.11. The minimum Gasteiger partial charge on any atom is -0.375 e. The molecule has 1 aromatic heterocycles. The Balaban J connectivity index is 1.81. The number of ether oxygens (including phenoxy) is 1. The van der Waals surface area contributed by atoms with Crippen molar-refractivity contribution in [2.24, 2.45) is 11.8 Å². The minimum absolute atomic E-state index is 0.272. The standard InChI is InChI=1S/C12H18N2OS/c1-7-2-5-11(16-7)12(14-13)9-6-8-3-4-10(9)15-8/h2,5,8-10,12,14H,3-4,6,13H2,1H3. The molecule has 0 saturated carbocycles. The van der Waals surface area contributed by atoms with E-state index in [1.165, 1.54) is 22.6 Å². The lowest BCUT2D eigenvalue weighted by Gasteiger charge is -2.27. The summed E-state index contributed by atoms with van der Waals surface area (Å²) in [6.07, 6.45) is 4.52. The highest BCUT2D eigenvalue weighted by Gasteiger charge is 2.44. The Bertz CT molecular complexity index is 379. The molecule has 2 aliphatic heterocycles. The molecule has 0 radical (unpaired) electrons. The lowest BCUT2D eigenvalue weighted by Crippen LogP contribution is -2.37. The molecule has 2 bridgehead atoms. The normalized spacial score (nSPS) is 34.5. The van der Waals surface area contributed by atoms with Gasteiger partial charge in [0.15, 0.2) is 0 Å². The van der Waals surface area contributed by atoms with Crippen molar-refractivity contribution in [3.63, 3.8) is 0 Å². The maximum atomic E-state index is 5.91. The summed E-state index contributed by atoms with van der Waals surface area (Å²) < 4.78 is 5.91. The number of hydrazine groups is 1. The van der Waals surface area contributed by atoms with E-state index in [9.17, 15) is 0 Å². The Morgan fingerprint density at radius 1 is 1.50 bits per heavy atom. The van der Waals surface area contributed by atoms with Crippen LogP contribution >= 0.6 is 11.3 Å². The van der Waals surface area contributed by atoms with Gasteiger partial charge in [0, 0.05) is 15.7 Å². The molecular weight excluding hydrogens is 220 g/mol. The van der Waals surface area contributed by atoms with E-state index in [2.05, 4.69) is 24.5 Å². The molecule has 3 N–H and O–H groups in total. The van der Waals surface area contributed by atoms with Crippen molar-refractivity contribution in [1.82, 2.24) is 5.43 Å². The fraction of sp³-hybridized carbons (Fsp3) is 0.667. The van der Waals surface area contributed by atoms with Crippen molar-refractivity contribution >= 4 is 11.3 Å². The molecule has 2 fully saturated rings. The summed E-state index contributed by atoms with van der Waals surface area (Å²) >= 11 is 1.84. The molecular formula is C12H18N2OS. The van der Waals surface area contributed by atoms with E-state index in [1.54, 1.807) is 0 Å². The van der Waals surface area contributed by atoms with Gasteiger partial charge in [-0.05, 0) is 38.3 Å². The summed E-state index contributed by atoms with van der Waals surface area (Å²) in [5.74, 6) is 6.28. The number of rotatable bonds is 3. The van der Waals surface area contributed by atoms with E-state index in [-0.39, 0.29) is 6.04 Å². The van der Waals surface area contributed by atoms with Gasteiger partial charge in [0.25, 0.3) is 0 Å². The van der Waals surface area contributed by atoms with E-state index in [1.807, 2.05) is 11.3 Å². The van der Waals surface area contributed by atoms with Gasteiger partial charge >= 0.3 is 0 Å². The van der Waals surface area contributed by atoms with E-state index in [0.717, 1.165) is 6.42 Å². The third kappa shape index (κ3) is 1.70. The third-order valence-corrected chi connectivity index (χ3v) is 4.91. The van der Waals surface area contributed by atoms with Gasteiger partial charge in [0.05, 0.1) is 18.2 Å². The molecule has 0 aliphatic carbocycles. The zero-order valence-corrected chi connectivity index (χ0v) is 10.3. The third-order valence-electron chi connectivity index (χ3n) is 3.83. The molecule has 2 aliphatic rings. The lowest BCUT2D eigenvalue weighted by molar-refractivity contribution is 0.0859. The first-order valence-electron chi connectivity index (χ1n) is 5.96. The Morgan fingerprint density at radius 2 is 2.38 bits per heavy atom. The number of aryl methyl sites for hydroxylation is 1. The molecule has 0 aromatic carbocycles. The zero-order chi connectivity index (χ0) is 11.1. The molecule has 4 atom stereocenters. The van der Waals surface area contributed by atoms with E-state index in [4.69, 9.17) is 10.6 Å². The molecule has 3 heterocycles. The monoisotopic (exact) mass is 238 g/mol. The number of thiophene rings is 1. The Morgan fingerprint density at radius 3 is 2.88 bits per heavy atom. The van der Waals surface area contributed by atoms with Crippen molar-refractivity contribution in [2.45, 2.75) is 44.4 Å². The summed E-state index contributed by atoms with van der Waals surface area (Å²) in [6, 6.07) is 4.63. The van der Waals surface area contributed by atoms with Gasteiger partial charge < -0.3 is 4.74 Å². The van der Waals surface area contributed by atoms with Crippen molar-refractivity contribution in [2.75, 3.05) is 0 Å². The first kappa shape index (κ1) is 10.7. The number of fused-ring (bicyclic) bond motifs is 2. The van der Waals surface area contributed by atoms with Crippen LogP contribution in [0.1, 0.15) is 35.1 Å². The van der Waals surface area contributed by atoms with Crippen LogP contribution in [0.25, 0.3) is 0 Å². The number of hydrogen-bond acceptors (Lipinski definition) is 4. The summed E-state index contributed by atoms with van der Waals surface area (Å²) in [4.78, 5) is 2.69. The van der Waals surface area contributed by atoms with Gasteiger partial charge in [0.1, 0.15) is 0 Å². The molecule has 0 amide bonds. The van der Waals surface area contributed by atoms with Crippen LogP contribution in [-0.2, 0) is 4.74 Å². The molecule has 3 rings (SSSR count). The fourth-order valence-corrected chi connectivity index (χ4v) is 4.08. The molecule has 88 valence electrons. The van der Waals surface area contributed by atoms with Gasteiger partial charge in [-0.1, -0.05) is 0 Å². The Labute approximate surface area is 100.0 Å². The average Bonchev–Trinajstić information content (AvgIpc) is 2.96. The molecule has 3 nitrogen and oxygen atoms in total. The van der Waals surface area contributed by atoms with Crippen LogP contribution < -0.4 is 11.3 Å². The summed E-state index contributed by atoms with van der Waals surface area (Å²) in [5, 5.41) is 0. The van der Waals surface area contributed by atoms with Gasteiger partial charge in [-0.2, -0.15) is 0 Å². The average molecular weight is 238 g/mol. The van der Waals surface area contributed by atoms with Crippen molar-refractivity contribution in [1.29, 1.82) is 0 Å². The van der Waals surface area contributed by atoms with E-state index >= 15 is 0 Å². The molecule has 4 unspecified atom stereocenters. The maximum Gasteiger partial charge on any atom is 0.0628 e. The smallest absolute Gasteiger partial charge is 0.0628 e. The second-order valence-electron chi connectivity index (χ2n) is 4.87. The van der Waals surface area contributed by atoms with E-state index < -0.39 is 0 Å². The van der Waals surface area contributed by atoms with Crippen molar-refractivity contribution in [3.8, 4) is 0 Å². The highest BCUT2D eigenvalue weighted by Crippen LogP contribution is 2.45. The van der Waals surface area contributed by atoms with Crippen LogP contribution in [0.4, 0.5) is 0 Å². The summed E-state index contributed by atoms with van der Waals surface area (Å²) in [6.45, 7) is 2.14. The van der Waals surface area contributed by atoms with Crippen LogP contribution in [0.15, 0.2) is 12.1 Å². The maximum absolute atomic E-state index is 5.91. The van der Waals surface area contributed by atoms with Crippen LogP contribution in [0.3, 0.4) is 0 Å². The Hall–Kier alpha value is -0.420. The predicted molar refractivity (Wildman–Crippen MR) is 65.1 cm³/mol. The van der Waals surface area contributed by atoms with Crippen LogP contribution in [0.5, 0.6) is 0 Å². The highest BCUT2D eigenvalue weighted by molar-refractivity contribution is 7.12.